The van der Waals surface area contributed by atoms with Gasteiger partial charge in [-0.25, -0.2) is 0 Å². The lowest BCUT2D eigenvalue weighted by molar-refractivity contribution is -0.138. The molecule has 94 valence electrons. The van der Waals surface area contributed by atoms with Crippen LogP contribution in [0.5, 0.6) is 0 Å². The molecule has 1 rings (SSSR count). The van der Waals surface area contributed by atoms with Gasteiger partial charge in [0.2, 0.25) is 0 Å². The van der Waals surface area contributed by atoms with Crippen LogP contribution in [0.1, 0.15) is 25.3 Å². The topological polar surface area (TPSA) is 57.5 Å². The molecule has 17 heavy (non-hydrogen) atoms. The molecule has 0 amide bonds. The van der Waals surface area contributed by atoms with Crippen LogP contribution in [0.4, 0.5) is 0 Å². The van der Waals surface area contributed by atoms with Crippen molar-refractivity contribution in [3.63, 3.8) is 0 Å². The molecule has 2 N–H and O–H groups in total. The standard InChI is InChI=1S/C13H18O3S/c1-9(14)10(2)17-8-12(13(15)16)11-6-4-3-5-7-11/h3-7,9-10,12,14H,8H2,1-2H3,(H,15,16). The number of rotatable bonds is 6. The van der Waals surface area contributed by atoms with Crippen molar-refractivity contribution in [1.82, 2.24) is 0 Å². The van der Waals surface area contributed by atoms with Crippen LogP contribution in [0.3, 0.4) is 0 Å². The van der Waals surface area contributed by atoms with E-state index in [-0.39, 0.29) is 5.25 Å². The Kier molecular flexibility index (Phi) is 5.51. The molecule has 4 heteroatoms. The molecule has 0 radical (unpaired) electrons. The quantitative estimate of drug-likeness (QED) is 0.818. The van der Waals surface area contributed by atoms with Gasteiger partial charge in [0.15, 0.2) is 0 Å². The van der Waals surface area contributed by atoms with Gasteiger partial charge in [0.1, 0.15) is 0 Å². The van der Waals surface area contributed by atoms with Crippen molar-refractivity contribution in [2.24, 2.45) is 0 Å². The molecule has 3 unspecified atom stereocenters. The second-order valence-corrected chi connectivity index (χ2v) is 5.49. The van der Waals surface area contributed by atoms with E-state index in [9.17, 15) is 15.0 Å². The lowest BCUT2D eigenvalue weighted by atomic mass is 10.0. The van der Waals surface area contributed by atoms with Gasteiger partial charge in [-0.2, -0.15) is 11.8 Å². The van der Waals surface area contributed by atoms with E-state index in [1.54, 1.807) is 6.92 Å². The monoisotopic (exact) mass is 254 g/mol. The summed E-state index contributed by atoms with van der Waals surface area (Å²) in [5.74, 6) is -0.852. The molecule has 3 atom stereocenters. The molecule has 3 nitrogen and oxygen atoms in total. The Labute approximate surface area is 106 Å². The molecule has 1 aromatic carbocycles. The second kappa shape index (κ2) is 6.67. The van der Waals surface area contributed by atoms with Crippen LogP contribution in [0.2, 0.25) is 0 Å². The highest BCUT2D eigenvalue weighted by atomic mass is 32.2. The Morgan fingerprint density at radius 3 is 2.35 bits per heavy atom. The number of aliphatic hydroxyl groups excluding tert-OH is 1. The van der Waals surface area contributed by atoms with E-state index in [1.807, 2.05) is 37.3 Å². The summed E-state index contributed by atoms with van der Waals surface area (Å²) in [7, 11) is 0. The number of aliphatic hydroxyl groups is 1. The zero-order chi connectivity index (χ0) is 12.8. The smallest absolute Gasteiger partial charge is 0.311 e. The highest BCUT2D eigenvalue weighted by molar-refractivity contribution is 8.00. The van der Waals surface area contributed by atoms with Gasteiger partial charge in [-0.1, -0.05) is 37.3 Å². The average molecular weight is 254 g/mol. The van der Waals surface area contributed by atoms with E-state index in [0.29, 0.717) is 5.75 Å². The maximum atomic E-state index is 11.2. The third kappa shape index (κ3) is 4.40. The molecule has 0 aliphatic heterocycles. The molecular weight excluding hydrogens is 236 g/mol. The molecule has 0 aliphatic rings. The van der Waals surface area contributed by atoms with Crippen LogP contribution in [-0.4, -0.2) is 33.3 Å². The molecule has 0 saturated heterocycles. The molecule has 0 heterocycles. The summed E-state index contributed by atoms with van der Waals surface area (Å²) in [4.78, 5) is 11.2. The summed E-state index contributed by atoms with van der Waals surface area (Å²) in [5.41, 5.74) is 0.810. The fourth-order valence-electron chi connectivity index (χ4n) is 1.38. The van der Waals surface area contributed by atoms with Gasteiger partial charge in [-0.15, -0.1) is 0 Å². The molecular formula is C13H18O3S. The third-order valence-corrected chi connectivity index (χ3v) is 4.15. The van der Waals surface area contributed by atoms with Crippen LogP contribution in [0, 0.1) is 0 Å². The Bertz CT molecular complexity index is 351. The van der Waals surface area contributed by atoms with Gasteiger partial charge in [0.05, 0.1) is 12.0 Å². The minimum Gasteiger partial charge on any atom is -0.481 e. The van der Waals surface area contributed by atoms with Gasteiger partial charge in [0, 0.05) is 11.0 Å². The van der Waals surface area contributed by atoms with Gasteiger partial charge in [-0.05, 0) is 12.5 Å². The SMILES string of the molecule is CC(O)C(C)SCC(C(=O)O)c1ccccc1. The largest absolute Gasteiger partial charge is 0.481 e. The normalized spacial score (nSPS) is 16.2. The fourth-order valence-corrected chi connectivity index (χ4v) is 2.49. The number of carboxylic acid groups (broad SMARTS) is 1. The van der Waals surface area contributed by atoms with Gasteiger partial charge < -0.3 is 10.2 Å². The number of hydrogen-bond acceptors (Lipinski definition) is 3. The second-order valence-electron chi connectivity index (χ2n) is 4.08. The molecule has 0 saturated carbocycles. The van der Waals surface area contributed by atoms with Crippen LogP contribution < -0.4 is 0 Å². The van der Waals surface area contributed by atoms with E-state index in [2.05, 4.69) is 0 Å². The summed E-state index contributed by atoms with van der Waals surface area (Å²) in [6.07, 6.45) is -0.426. The first-order valence-corrected chi connectivity index (χ1v) is 6.64. The molecule has 0 aliphatic carbocycles. The number of aliphatic carboxylic acids is 1. The summed E-state index contributed by atoms with van der Waals surface area (Å²) in [5, 5.41) is 18.6. The van der Waals surface area contributed by atoms with Crippen LogP contribution >= 0.6 is 11.8 Å². The minimum absolute atomic E-state index is 0.0422. The van der Waals surface area contributed by atoms with E-state index in [4.69, 9.17) is 0 Å². The first kappa shape index (κ1) is 14.1. The van der Waals surface area contributed by atoms with Gasteiger partial charge in [-0.3, -0.25) is 4.79 Å². The molecule has 0 bridgehead atoms. The molecule has 1 aromatic rings. The molecule has 0 spiro atoms. The molecule has 0 aromatic heterocycles. The summed E-state index contributed by atoms with van der Waals surface area (Å²) < 4.78 is 0. The summed E-state index contributed by atoms with van der Waals surface area (Å²) in [6.45, 7) is 3.62. The van der Waals surface area contributed by atoms with E-state index in [0.717, 1.165) is 5.56 Å². The third-order valence-electron chi connectivity index (χ3n) is 2.71. The predicted octanol–water partition coefficient (Wildman–Crippen LogP) is 2.36. The summed E-state index contributed by atoms with van der Waals surface area (Å²) >= 11 is 1.48. The zero-order valence-electron chi connectivity index (χ0n) is 10.0. The highest BCUT2D eigenvalue weighted by Crippen LogP contribution is 2.25. The van der Waals surface area contributed by atoms with Crippen LogP contribution in [0.15, 0.2) is 30.3 Å². The lowest BCUT2D eigenvalue weighted by Gasteiger charge is -2.17. The van der Waals surface area contributed by atoms with Gasteiger partial charge in [0.25, 0.3) is 0 Å². The van der Waals surface area contributed by atoms with Crippen LogP contribution in [-0.2, 0) is 4.79 Å². The first-order chi connectivity index (χ1) is 8.02. The van der Waals surface area contributed by atoms with Crippen molar-refractivity contribution in [3.8, 4) is 0 Å². The number of carbonyl (C=O) groups is 1. The first-order valence-electron chi connectivity index (χ1n) is 5.59. The van der Waals surface area contributed by atoms with Crippen molar-refractivity contribution in [2.75, 3.05) is 5.75 Å². The van der Waals surface area contributed by atoms with Crippen molar-refractivity contribution in [2.45, 2.75) is 31.1 Å². The van der Waals surface area contributed by atoms with Crippen molar-refractivity contribution in [3.05, 3.63) is 35.9 Å². The average Bonchev–Trinajstić information content (AvgIpc) is 2.29. The Hall–Kier alpha value is -1.00. The number of benzene rings is 1. The van der Waals surface area contributed by atoms with E-state index in [1.165, 1.54) is 11.8 Å². The number of hydrogen-bond donors (Lipinski definition) is 2. The number of carboxylic acids is 1. The lowest BCUT2D eigenvalue weighted by Crippen LogP contribution is -2.20. The van der Waals surface area contributed by atoms with Crippen molar-refractivity contribution >= 4 is 17.7 Å². The Morgan fingerprint density at radius 1 is 1.29 bits per heavy atom. The maximum absolute atomic E-state index is 11.2. The van der Waals surface area contributed by atoms with Crippen molar-refractivity contribution in [1.29, 1.82) is 0 Å². The fraction of sp³-hybridized carbons (Fsp3) is 0.462. The van der Waals surface area contributed by atoms with E-state index >= 15 is 0 Å². The van der Waals surface area contributed by atoms with Gasteiger partial charge >= 0.3 is 5.97 Å². The summed E-state index contributed by atoms with van der Waals surface area (Å²) in [6, 6.07) is 9.20. The number of thioether (sulfide) groups is 1. The van der Waals surface area contributed by atoms with Crippen molar-refractivity contribution < 1.29 is 15.0 Å². The van der Waals surface area contributed by atoms with Crippen LogP contribution in [0.25, 0.3) is 0 Å². The van der Waals surface area contributed by atoms with E-state index < -0.39 is 18.0 Å². The highest BCUT2D eigenvalue weighted by Gasteiger charge is 2.21. The maximum Gasteiger partial charge on any atom is 0.311 e. The zero-order valence-corrected chi connectivity index (χ0v) is 10.9. The minimum atomic E-state index is -0.818. The molecule has 0 fully saturated rings. The Morgan fingerprint density at radius 2 is 1.88 bits per heavy atom. The predicted molar refractivity (Wildman–Crippen MR) is 70.4 cm³/mol. The Balaban J connectivity index is 2.66.